The fourth-order valence-corrected chi connectivity index (χ4v) is 5.75. The van der Waals surface area contributed by atoms with E-state index < -0.39 is 0 Å². The number of amides is 3. The Labute approximate surface area is 217 Å². The van der Waals surface area contributed by atoms with Crippen LogP contribution >= 0.6 is 11.3 Å². The molecule has 0 bridgehead atoms. The lowest BCUT2D eigenvalue weighted by Crippen LogP contribution is -2.44. The maximum atomic E-state index is 13.2. The van der Waals surface area contributed by atoms with Crippen molar-refractivity contribution in [3.8, 4) is 6.07 Å². The first-order valence-electron chi connectivity index (χ1n) is 12.8. The average Bonchev–Trinajstić information content (AvgIpc) is 3.42. The molecular formula is C27H34N6O2S. The first kappa shape index (κ1) is 25.8. The fraction of sp³-hybridized carbons (Fsp3) is 0.519. The van der Waals surface area contributed by atoms with Crippen molar-refractivity contribution in [3.63, 3.8) is 0 Å². The summed E-state index contributed by atoms with van der Waals surface area (Å²) >= 11 is 1.51. The summed E-state index contributed by atoms with van der Waals surface area (Å²) in [6, 6.07) is 5.90. The van der Waals surface area contributed by atoms with Crippen molar-refractivity contribution in [1.82, 2.24) is 25.1 Å². The van der Waals surface area contributed by atoms with Crippen LogP contribution in [0.4, 0.5) is 4.79 Å². The minimum absolute atomic E-state index is 0.0170. The number of likely N-dealkylation sites (tertiary alicyclic amines) is 1. The molecular weight excluding hydrogens is 472 g/mol. The molecule has 2 aromatic rings. The predicted octanol–water partition coefficient (Wildman–Crippen LogP) is 4.87. The summed E-state index contributed by atoms with van der Waals surface area (Å²) in [6.45, 7) is 2.83. The van der Waals surface area contributed by atoms with Crippen molar-refractivity contribution in [2.24, 2.45) is 0 Å². The Bertz CT molecular complexity index is 1090. The minimum atomic E-state index is -0.165. The van der Waals surface area contributed by atoms with Crippen molar-refractivity contribution in [2.45, 2.75) is 63.8 Å². The Morgan fingerprint density at radius 3 is 2.86 bits per heavy atom. The molecule has 1 fully saturated rings. The van der Waals surface area contributed by atoms with Gasteiger partial charge in [-0.3, -0.25) is 9.78 Å². The third kappa shape index (κ3) is 7.14. The number of urea groups is 1. The van der Waals surface area contributed by atoms with Crippen molar-refractivity contribution in [2.75, 3.05) is 26.2 Å². The summed E-state index contributed by atoms with van der Waals surface area (Å²) in [6.07, 6.45) is 13.5. The van der Waals surface area contributed by atoms with E-state index in [1.165, 1.54) is 42.6 Å². The zero-order chi connectivity index (χ0) is 25.2. The molecule has 1 aliphatic carbocycles. The highest BCUT2D eigenvalue weighted by atomic mass is 32.1. The Kier molecular flexibility index (Phi) is 9.45. The van der Waals surface area contributed by atoms with Gasteiger partial charge in [0, 0.05) is 56.4 Å². The summed E-state index contributed by atoms with van der Waals surface area (Å²) in [5, 5.41) is 14.9. The van der Waals surface area contributed by atoms with Gasteiger partial charge in [-0.1, -0.05) is 17.7 Å². The van der Waals surface area contributed by atoms with Gasteiger partial charge in [-0.15, -0.1) is 11.3 Å². The average molecular weight is 507 g/mol. The molecule has 1 N–H and O–H groups in total. The van der Waals surface area contributed by atoms with E-state index in [4.69, 9.17) is 5.26 Å². The van der Waals surface area contributed by atoms with E-state index in [1.54, 1.807) is 17.3 Å². The number of nitriles is 1. The van der Waals surface area contributed by atoms with Gasteiger partial charge in [-0.2, -0.15) is 5.26 Å². The van der Waals surface area contributed by atoms with Gasteiger partial charge < -0.3 is 15.1 Å². The molecule has 0 radical (unpaired) electrons. The largest absolute Gasteiger partial charge is 0.338 e. The van der Waals surface area contributed by atoms with Gasteiger partial charge in [-0.05, 0) is 56.6 Å². The van der Waals surface area contributed by atoms with Crippen LogP contribution in [0.25, 0.3) is 0 Å². The van der Waals surface area contributed by atoms with E-state index in [9.17, 15) is 9.59 Å². The number of piperidine rings is 1. The second-order valence-electron chi connectivity index (χ2n) is 9.42. The normalized spacial score (nSPS) is 16.2. The minimum Gasteiger partial charge on any atom is -0.338 e. The molecule has 0 saturated carbocycles. The maximum absolute atomic E-state index is 13.2. The van der Waals surface area contributed by atoms with E-state index in [2.05, 4.69) is 27.4 Å². The van der Waals surface area contributed by atoms with Crippen molar-refractivity contribution >= 4 is 23.3 Å². The van der Waals surface area contributed by atoms with Crippen LogP contribution in [0.15, 0.2) is 41.6 Å². The molecule has 3 amide bonds. The summed E-state index contributed by atoms with van der Waals surface area (Å²) in [4.78, 5) is 38.1. The molecule has 8 nitrogen and oxygen atoms in total. The first-order chi connectivity index (χ1) is 17.6. The number of nitrogens with zero attached hydrogens (tertiary/aromatic N) is 5. The number of rotatable bonds is 9. The third-order valence-corrected chi connectivity index (χ3v) is 7.86. The monoisotopic (exact) mass is 506 g/mol. The zero-order valence-electron chi connectivity index (χ0n) is 20.7. The summed E-state index contributed by atoms with van der Waals surface area (Å²) < 4.78 is 0. The van der Waals surface area contributed by atoms with Crippen molar-refractivity contribution in [1.29, 1.82) is 5.26 Å². The Morgan fingerprint density at radius 2 is 2.14 bits per heavy atom. The molecule has 0 unspecified atom stereocenters. The number of allylic oxidation sites excluding steroid dienone is 1. The van der Waals surface area contributed by atoms with Crippen LogP contribution in [-0.2, 0) is 6.54 Å². The van der Waals surface area contributed by atoms with E-state index in [0.29, 0.717) is 38.4 Å². The number of carbonyl (C=O) groups excluding carboxylic acids is 2. The lowest BCUT2D eigenvalue weighted by atomic mass is 9.97. The smallest absolute Gasteiger partial charge is 0.317 e. The van der Waals surface area contributed by atoms with Crippen molar-refractivity contribution < 1.29 is 9.59 Å². The van der Waals surface area contributed by atoms with Gasteiger partial charge >= 0.3 is 6.03 Å². The Balaban J connectivity index is 1.27. The van der Waals surface area contributed by atoms with E-state index in [1.807, 2.05) is 22.4 Å². The van der Waals surface area contributed by atoms with Gasteiger partial charge in [-0.25, -0.2) is 9.78 Å². The van der Waals surface area contributed by atoms with Gasteiger partial charge in [0.2, 0.25) is 0 Å². The van der Waals surface area contributed by atoms with Gasteiger partial charge in [0.15, 0.2) is 0 Å². The molecule has 0 atom stereocenters. The highest BCUT2D eigenvalue weighted by Crippen LogP contribution is 2.31. The fourth-order valence-electron chi connectivity index (χ4n) is 4.79. The van der Waals surface area contributed by atoms with Crippen LogP contribution in [0.5, 0.6) is 0 Å². The molecule has 1 aliphatic heterocycles. The summed E-state index contributed by atoms with van der Waals surface area (Å²) in [5.74, 6) is 0.0837. The number of pyridine rings is 1. The van der Waals surface area contributed by atoms with Crippen LogP contribution in [0, 0.1) is 11.3 Å². The Hall–Kier alpha value is -3.25. The molecule has 2 aliphatic rings. The molecule has 36 heavy (non-hydrogen) atoms. The van der Waals surface area contributed by atoms with Crippen LogP contribution in [0.1, 0.15) is 78.3 Å². The Morgan fingerprint density at radius 1 is 1.28 bits per heavy atom. The topological polar surface area (TPSA) is 102 Å². The number of nitrogens with one attached hydrogen (secondary N) is 1. The van der Waals surface area contributed by atoms with Gasteiger partial charge in [0.25, 0.3) is 5.91 Å². The molecule has 9 heteroatoms. The molecule has 3 heterocycles. The highest BCUT2D eigenvalue weighted by Gasteiger charge is 2.27. The number of carbonyl (C=O) groups is 2. The number of hydrogen-bond donors (Lipinski definition) is 1. The van der Waals surface area contributed by atoms with E-state index in [-0.39, 0.29) is 24.3 Å². The maximum Gasteiger partial charge on any atom is 0.317 e. The zero-order valence-corrected chi connectivity index (χ0v) is 21.5. The standard InChI is InChI=1S/C27H34N6O2S/c28-12-5-15-33(19-22-8-4-13-29-18-22)26(34)24-20-36-25(31-24)23-10-16-32(17-11-23)27(35)30-14-9-21-6-2-1-3-7-21/h4,6,8,13,18,20,23H,1-3,5,7,9-11,14-17,19H2,(H,30,35). The van der Waals surface area contributed by atoms with Gasteiger partial charge in [0.1, 0.15) is 5.69 Å². The molecule has 4 rings (SSSR count). The van der Waals surface area contributed by atoms with Crippen LogP contribution < -0.4 is 5.32 Å². The summed E-state index contributed by atoms with van der Waals surface area (Å²) in [5.41, 5.74) is 2.82. The highest BCUT2D eigenvalue weighted by molar-refractivity contribution is 7.09. The predicted molar refractivity (Wildman–Crippen MR) is 139 cm³/mol. The van der Waals surface area contributed by atoms with Crippen LogP contribution in [0.2, 0.25) is 0 Å². The molecule has 1 saturated heterocycles. The third-order valence-electron chi connectivity index (χ3n) is 6.86. The van der Waals surface area contributed by atoms with Crippen LogP contribution in [0.3, 0.4) is 0 Å². The lowest BCUT2D eigenvalue weighted by Gasteiger charge is -2.31. The van der Waals surface area contributed by atoms with Gasteiger partial charge in [0.05, 0.1) is 17.5 Å². The van der Waals surface area contributed by atoms with E-state index in [0.717, 1.165) is 29.8 Å². The number of hydrogen-bond acceptors (Lipinski definition) is 6. The second kappa shape index (κ2) is 13.2. The quantitative estimate of drug-likeness (QED) is 0.489. The number of thiazole rings is 1. The van der Waals surface area contributed by atoms with E-state index >= 15 is 0 Å². The SMILES string of the molecule is N#CCCN(Cc1cccnc1)C(=O)c1csc(C2CCN(C(=O)NCCC3=CCCCC3)CC2)n1. The molecule has 0 spiro atoms. The lowest BCUT2D eigenvalue weighted by molar-refractivity contribution is 0.0741. The number of aromatic nitrogens is 2. The van der Waals surface area contributed by atoms with Crippen molar-refractivity contribution in [3.05, 3.63) is 57.8 Å². The second-order valence-corrected chi connectivity index (χ2v) is 10.3. The summed E-state index contributed by atoms with van der Waals surface area (Å²) in [7, 11) is 0. The molecule has 2 aromatic heterocycles. The first-order valence-corrected chi connectivity index (χ1v) is 13.7. The van der Waals surface area contributed by atoms with Crippen LogP contribution in [-0.4, -0.2) is 57.9 Å². The molecule has 0 aromatic carbocycles. The molecule has 190 valence electrons.